The lowest BCUT2D eigenvalue weighted by Gasteiger charge is -2.03. The molecule has 1 aromatic rings. The monoisotopic (exact) mass is 375 g/mol. The molecule has 0 heterocycles. The van der Waals surface area contributed by atoms with E-state index in [1.54, 1.807) is 22.6 Å². The van der Waals surface area contributed by atoms with Crippen LogP contribution >= 0.6 is 33.3 Å². The molecule has 6 nitrogen and oxygen atoms in total. The predicted molar refractivity (Wildman–Crippen MR) is 64.2 cm³/mol. The van der Waals surface area contributed by atoms with Crippen molar-refractivity contribution in [2.24, 2.45) is 0 Å². The summed E-state index contributed by atoms with van der Waals surface area (Å²) in [7, 11) is 0.886. The summed E-state index contributed by atoms with van der Waals surface area (Å²) < 4.78 is 22.4. The summed E-state index contributed by atoms with van der Waals surface area (Å²) in [5.74, 6) is 0. The number of benzene rings is 1. The van der Waals surface area contributed by atoms with E-state index >= 15 is 0 Å². The maximum absolute atomic E-state index is 11.1. The number of hydrogen-bond acceptors (Lipinski definition) is 5. The van der Waals surface area contributed by atoms with Crippen molar-refractivity contribution in [2.45, 2.75) is 4.90 Å². The smallest absolute Gasteiger partial charge is 0.271 e. The van der Waals surface area contributed by atoms with Gasteiger partial charge in [0, 0.05) is 31.9 Å². The van der Waals surface area contributed by atoms with E-state index < -0.39 is 24.6 Å². The quantitative estimate of drug-likeness (QED) is 0.264. The van der Waals surface area contributed by atoms with Crippen LogP contribution in [0.1, 0.15) is 10.4 Å². The molecule has 0 bridgehead atoms. The van der Waals surface area contributed by atoms with Gasteiger partial charge in [0.2, 0.25) is 0 Å². The first-order valence-electron chi connectivity index (χ1n) is 3.65. The average Bonchev–Trinajstić information content (AvgIpc) is 2.14. The Kier molecular flexibility index (Phi) is 3.86. The normalized spacial score (nSPS) is 11.1. The van der Waals surface area contributed by atoms with Gasteiger partial charge in [0.05, 0.1) is 4.92 Å². The van der Waals surface area contributed by atoms with E-state index in [0.29, 0.717) is 6.29 Å². The van der Waals surface area contributed by atoms with Gasteiger partial charge < -0.3 is 0 Å². The Morgan fingerprint density at radius 2 is 2.00 bits per heavy atom. The molecule has 0 aromatic heterocycles. The van der Waals surface area contributed by atoms with Crippen molar-refractivity contribution in [3.8, 4) is 0 Å². The molecule has 16 heavy (non-hydrogen) atoms. The Hall–Kier alpha value is -0.740. The van der Waals surface area contributed by atoms with Crippen LogP contribution in [-0.4, -0.2) is 19.6 Å². The van der Waals surface area contributed by atoms with Gasteiger partial charge in [0.15, 0.2) is 6.29 Å². The van der Waals surface area contributed by atoms with Crippen LogP contribution in [0.2, 0.25) is 0 Å². The summed E-state index contributed by atoms with van der Waals surface area (Å²) in [4.78, 5) is 19.9. The Morgan fingerprint density at radius 1 is 1.44 bits per heavy atom. The van der Waals surface area contributed by atoms with Crippen molar-refractivity contribution >= 4 is 54.3 Å². The number of carbonyl (C=O) groups excluding carboxylic acids is 1. The van der Waals surface area contributed by atoms with Gasteiger partial charge in [-0.05, 0) is 22.6 Å². The molecule has 1 aromatic carbocycles. The second-order valence-corrected chi connectivity index (χ2v) is 6.35. The minimum atomic E-state index is -4.19. The van der Waals surface area contributed by atoms with Gasteiger partial charge in [0.1, 0.15) is 4.90 Å². The standard InChI is InChI=1S/C7H3ClINO5S/c8-16(14,15)7-2-4(10(12)13)1-6(9)5(7)3-11/h1-3H. The van der Waals surface area contributed by atoms with Crippen molar-refractivity contribution in [3.63, 3.8) is 0 Å². The Morgan fingerprint density at radius 3 is 2.38 bits per heavy atom. The number of carbonyl (C=O) groups is 1. The highest BCUT2D eigenvalue weighted by molar-refractivity contribution is 14.1. The Balaban J connectivity index is 3.69. The van der Waals surface area contributed by atoms with Crippen LogP contribution in [-0.2, 0) is 9.05 Å². The van der Waals surface area contributed by atoms with Gasteiger partial charge in [-0.1, -0.05) is 0 Å². The van der Waals surface area contributed by atoms with Crippen LogP contribution in [0.25, 0.3) is 0 Å². The number of non-ortho nitro benzene ring substituents is 1. The summed E-state index contributed by atoms with van der Waals surface area (Å²) in [6.07, 6.45) is 0.292. The largest absolute Gasteiger partial charge is 0.298 e. The van der Waals surface area contributed by atoms with E-state index in [2.05, 4.69) is 0 Å². The van der Waals surface area contributed by atoms with E-state index in [1.165, 1.54) is 0 Å². The van der Waals surface area contributed by atoms with Crippen LogP contribution in [0.5, 0.6) is 0 Å². The van der Waals surface area contributed by atoms with Crippen molar-refractivity contribution in [1.82, 2.24) is 0 Å². The third-order valence-electron chi connectivity index (χ3n) is 1.67. The fourth-order valence-corrected chi connectivity index (χ4v) is 2.99. The molecule has 0 saturated carbocycles. The summed E-state index contributed by atoms with van der Waals surface area (Å²) in [5, 5.41) is 10.5. The van der Waals surface area contributed by atoms with Gasteiger partial charge in [-0.2, -0.15) is 0 Å². The van der Waals surface area contributed by atoms with Gasteiger partial charge in [-0.25, -0.2) is 8.42 Å². The number of hydrogen-bond donors (Lipinski definition) is 0. The zero-order valence-corrected chi connectivity index (χ0v) is 11.1. The first kappa shape index (κ1) is 13.3. The molecule has 0 atom stereocenters. The average molecular weight is 376 g/mol. The van der Waals surface area contributed by atoms with E-state index in [0.717, 1.165) is 12.1 Å². The van der Waals surface area contributed by atoms with Gasteiger partial charge in [-0.3, -0.25) is 14.9 Å². The molecule has 0 amide bonds. The molecule has 0 aliphatic heterocycles. The van der Waals surface area contributed by atoms with Crippen LogP contribution < -0.4 is 0 Å². The number of nitro benzene ring substituents is 1. The molecule has 0 aliphatic carbocycles. The number of rotatable bonds is 3. The second kappa shape index (κ2) is 4.63. The molecule has 0 radical (unpaired) electrons. The minimum Gasteiger partial charge on any atom is -0.298 e. The van der Waals surface area contributed by atoms with E-state index in [4.69, 9.17) is 10.7 Å². The summed E-state index contributed by atoms with van der Waals surface area (Å²) in [6, 6.07) is 1.85. The van der Waals surface area contributed by atoms with E-state index in [1.807, 2.05) is 0 Å². The fourth-order valence-electron chi connectivity index (χ4n) is 1.00. The lowest BCUT2D eigenvalue weighted by Crippen LogP contribution is -2.02. The number of nitrogens with zero attached hydrogens (tertiary/aromatic N) is 1. The zero-order chi connectivity index (χ0) is 12.5. The Labute approximate surface area is 108 Å². The van der Waals surface area contributed by atoms with Crippen LogP contribution in [0.4, 0.5) is 5.69 Å². The first-order valence-corrected chi connectivity index (χ1v) is 7.04. The number of nitro groups is 1. The number of aldehydes is 1. The first-order chi connectivity index (χ1) is 7.27. The highest BCUT2D eigenvalue weighted by Gasteiger charge is 2.22. The third kappa shape index (κ3) is 2.68. The molecule has 0 spiro atoms. The highest BCUT2D eigenvalue weighted by atomic mass is 127. The lowest BCUT2D eigenvalue weighted by molar-refractivity contribution is -0.385. The molecule has 1 rings (SSSR count). The molecule has 0 unspecified atom stereocenters. The zero-order valence-electron chi connectivity index (χ0n) is 7.38. The Bertz CT molecular complexity index is 570. The molecular weight excluding hydrogens is 373 g/mol. The number of halogens is 2. The maximum atomic E-state index is 11.1. The fraction of sp³-hybridized carbons (Fsp3) is 0. The molecule has 0 aliphatic rings. The minimum absolute atomic E-state index is 0.154. The van der Waals surface area contributed by atoms with Gasteiger partial charge in [-0.15, -0.1) is 0 Å². The molecule has 0 fully saturated rings. The van der Waals surface area contributed by atoms with Crippen LogP contribution in [0, 0.1) is 13.7 Å². The van der Waals surface area contributed by atoms with Gasteiger partial charge in [0.25, 0.3) is 14.7 Å². The van der Waals surface area contributed by atoms with Crippen LogP contribution in [0.15, 0.2) is 17.0 Å². The summed E-state index contributed by atoms with van der Waals surface area (Å²) in [6.45, 7) is 0. The van der Waals surface area contributed by atoms with Crippen molar-refractivity contribution in [2.75, 3.05) is 0 Å². The topological polar surface area (TPSA) is 94.3 Å². The molecule has 9 heteroatoms. The molecule has 86 valence electrons. The van der Waals surface area contributed by atoms with Gasteiger partial charge >= 0.3 is 0 Å². The predicted octanol–water partition coefficient (Wildman–Crippen LogP) is 1.94. The third-order valence-corrected chi connectivity index (χ3v) is 3.92. The molecule has 0 saturated heterocycles. The summed E-state index contributed by atoms with van der Waals surface area (Å²) in [5.41, 5.74) is -0.615. The SMILES string of the molecule is O=Cc1c(I)cc([N+](=O)[O-])cc1S(=O)(=O)Cl. The van der Waals surface area contributed by atoms with Crippen molar-refractivity contribution < 1.29 is 18.1 Å². The molecule has 0 N–H and O–H groups in total. The van der Waals surface area contributed by atoms with Crippen molar-refractivity contribution in [3.05, 3.63) is 31.4 Å². The van der Waals surface area contributed by atoms with Crippen LogP contribution in [0.3, 0.4) is 0 Å². The van der Waals surface area contributed by atoms with Crippen molar-refractivity contribution in [1.29, 1.82) is 0 Å². The van der Waals surface area contributed by atoms with E-state index in [-0.39, 0.29) is 9.13 Å². The maximum Gasteiger partial charge on any atom is 0.271 e. The summed E-state index contributed by atoms with van der Waals surface area (Å²) >= 11 is 1.63. The van der Waals surface area contributed by atoms with E-state index in [9.17, 15) is 23.3 Å². The molecular formula is C7H3ClINO5S. The lowest BCUT2D eigenvalue weighted by atomic mass is 10.2. The highest BCUT2D eigenvalue weighted by Crippen LogP contribution is 2.28. The second-order valence-electron chi connectivity index (χ2n) is 2.65.